The van der Waals surface area contributed by atoms with E-state index in [9.17, 15) is 0 Å². The number of hydrogen-bond acceptors (Lipinski definition) is 1. The van der Waals surface area contributed by atoms with Crippen molar-refractivity contribution in [2.75, 3.05) is 0 Å². The fourth-order valence-corrected chi connectivity index (χ4v) is 2.69. The highest BCUT2D eigenvalue weighted by atomic mass is 14.9. The van der Waals surface area contributed by atoms with Crippen LogP contribution in [0, 0.1) is 6.92 Å². The lowest BCUT2D eigenvalue weighted by Gasteiger charge is -2.09. The van der Waals surface area contributed by atoms with E-state index in [-0.39, 0.29) is 0 Å². The Labute approximate surface area is 117 Å². The first-order valence-corrected chi connectivity index (χ1v) is 6.76. The highest BCUT2D eigenvalue weighted by Crippen LogP contribution is 2.27. The van der Waals surface area contributed by atoms with Crippen LogP contribution in [-0.4, -0.2) is 9.38 Å². The van der Waals surface area contributed by atoms with Crippen LogP contribution in [0.3, 0.4) is 0 Å². The number of benzene rings is 2. The van der Waals surface area contributed by atoms with Gasteiger partial charge in [-0.25, -0.2) is 4.98 Å². The molecule has 2 aromatic carbocycles. The Bertz CT molecular complexity index is 905. The van der Waals surface area contributed by atoms with E-state index in [0.717, 1.165) is 27.8 Å². The SMILES string of the molecule is Cc1ccc2nc(-c3ccccc3)c3cccn3c2c1. The van der Waals surface area contributed by atoms with Crippen LogP contribution in [0.1, 0.15) is 5.56 Å². The molecule has 0 fully saturated rings. The third-order valence-corrected chi connectivity index (χ3v) is 3.66. The molecule has 0 atom stereocenters. The summed E-state index contributed by atoms with van der Waals surface area (Å²) in [6.45, 7) is 2.11. The quantitative estimate of drug-likeness (QED) is 0.492. The second-order valence-electron chi connectivity index (χ2n) is 5.08. The number of aryl methyl sites for hydroxylation is 1. The lowest BCUT2D eigenvalue weighted by Crippen LogP contribution is -1.94. The Balaban J connectivity index is 2.15. The Morgan fingerprint density at radius 3 is 2.55 bits per heavy atom. The monoisotopic (exact) mass is 258 g/mol. The fraction of sp³-hybridized carbons (Fsp3) is 0.0556. The number of rotatable bonds is 1. The number of nitrogens with zero attached hydrogens (tertiary/aromatic N) is 2. The maximum Gasteiger partial charge on any atom is 0.0950 e. The third-order valence-electron chi connectivity index (χ3n) is 3.66. The van der Waals surface area contributed by atoms with E-state index in [1.165, 1.54) is 5.56 Å². The van der Waals surface area contributed by atoms with Crippen LogP contribution in [0.4, 0.5) is 0 Å². The number of fused-ring (bicyclic) bond motifs is 3. The van der Waals surface area contributed by atoms with Crippen LogP contribution >= 0.6 is 0 Å². The molecule has 0 radical (unpaired) electrons. The van der Waals surface area contributed by atoms with Crippen molar-refractivity contribution in [3.05, 3.63) is 72.4 Å². The third kappa shape index (κ3) is 1.62. The molecule has 0 aliphatic carbocycles. The van der Waals surface area contributed by atoms with Crippen molar-refractivity contribution >= 4 is 16.6 Å². The standard InChI is InChI=1S/C18H14N2/c1-13-9-10-15-17(12-13)20-11-5-8-16(20)18(19-15)14-6-3-2-4-7-14/h2-12H,1H3. The minimum atomic E-state index is 1.03. The van der Waals surface area contributed by atoms with E-state index in [4.69, 9.17) is 4.98 Å². The highest BCUT2D eigenvalue weighted by molar-refractivity contribution is 5.87. The van der Waals surface area contributed by atoms with Crippen molar-refractivity contribution in [2.45, 2.75) is 6.92 Å². The summed E-state index contributed by atoms with van der Waals surface area (Å²) >= 11 is 0. The van der Waals surface area contributed by atoms with Gasteiger partial charge in [-0.1, -0.05) is 36.4 Å². The number of hydrogen-bond donors (Lipinski definition) is 0. The first-order valence-electron chi connectivity index (χ1n) is 6.76. The molecule has 0 aliphatic heterocycles. The van der Waals surface area contributed by atoms with E-state index in [0.29, 0.717) is 0 Å². The van der Waals surface area contributed by atoms with E-state index in [1.807, 2.05) is 6.07 Å². The smallest absolute Gasteiger partial charge is 0.0950 e. The van der Waals surface area contributed by atoms with Gasteiger partial charge in [0.2, 0.25) is 0 Å². The largest absolute Gasteiger partial charge is 0.313 e. The topological polar surface area (TPSA) is 17.3 Å². The lowest BCUT2D eigenvalue weighted by molar-refractivity contribution is 1.22. The summed E-state index contributed by atoms with van der Waals surface area (Å²) in [5.74, 6) is 0. The molecule has 2 nitrogen and oxygen atoms in total. The van der Waals surface area contributed by atoms with Crippen LogP contribution in [0.15, 0.2) is 66.9 Å². The summed E-state index contributed by atoms with van der Waals surface area (Å²) < 4.78 is 2.22. The van der Waals surface area contributed by atoms with Gasteiger partial charge in [0.05, 0.1) is 22.2 Å². The molecule has 0 unspecified atom stereocenters. The molecular formula is C18H14N2. The van der Waals surface area contributed by atoms with Crippen molar-refractivity contribution < 1.29 is 0 Å². The molecule has 20 heavy (non-hydrogen) atoms. The minimum absolute atomic E-state index is 1.03. The Hall–Kier alpha value is -2.61. The van der Waals surface area contributed by atoms with Gasteiger partial charge in [-0.2, -0.15) is 0 Å². The molecular weight excluding hydrogens is 244 g/mol. The summed E-state index contributed by atoms with van der Waals surface area (Å²) in [6.07, 6.45) is 2.10. The summed E-state index contributed by atoms with van der Waals surface area (Å²) in [6, 6.07) is 20.9. The van der Waals surface area contributed by atoms with Crippen LogP contribution < -0.4 is 0 Å². The van der Waals surface area contributed by atoms with Gasteiger partial charge in [-0.05, 0) is 36.8 Å². The fourth-order valence-electron chi connectivity index (χ4n) is 2.69. The van der Waals surface area contributed by atoms with Gasteiger partial charge in [0.25, 0.3) is 0 Å². The van der Waals surface area contributed by atoms with Gasteiger partial charge in [-0.3, -0.25) is 0 Å². The summed E-state index contributed by atoms with van der Waals surface area (Å²) in [4.78, 5) is 4.87. The zero-order chi connectivity index (χ0) is 13.5. The Morgan fingerprint density at radius 2 is 1.70 bits per heavy atom. The Kier molecular flexibility index (Phi) is 2.36. The van der Waals surface area contributed by atoms with Gasteiger partial charge < -0.3 is 4.40 Å². The first-order chi connectivity index (χ1) is 9.83. The molecule has 0 saturated heterocycles. The van der Waals surface area contributed by atoms with Crippen molar-refractivity contribution in [3.8, 4) is 11.3 Å². The van der Waals surface area contributed by atoms with E-state index >= 15 is 0 Å². The molecule has 96 valence electrons. The van der Waals surface area contributed by atoms with Crippen molar-refractivity contribution in [3.63, 3.8) is 0 Å². The van der Waals surface area contributed by atoms with Crippen LogP contribution in [-0.2, 0) is 0 Å². The molecule has 4 aromatic rings. The average molecular weight is 258 g/mol. The molecule has 2 aromatic heterocycles. The lowest BCUT2D eigenvalue weighted by atomic mass is 10.1. The van der Waals surface area contributed by atoms with Gasteiger partial charge in [0, 0.05) is 11.8 Å². The van der Waals surface area contributed by atoms with Crippen LogP contribution in [0.25, 0.3) is 27.8 Å². The second-order valence-corrected chi connectivity index (χ2v) is 5.08. The molecule has 0 amide bonds. The van der Waals surface area contributed by atoms with Gasteiger partial charge in [0.1, 0.15) is 0 Å². The van der Waals surface area contributed by atoms with Gasteiger partial charge >= 0.3 is 0 Å². The Morgan fingerprint density at radius 1 is 0.850 bits per heavy atom. The van der Waals surface area contributed by atoms with Crippen molar-refractivity contribution in [1.29, 1.82) is 0 Å². The molecule has 2 heterocycles. The molecule has 2 heteroatoms. The maximum absolute atomic E-state index is 4.87. The zero-order valence-corrected chi connectivity index (χ0v) is 11.2. The molecule has 0 saturated carbocycles. The normalized spacial score (nSPS) is 11.2. The van der Waals surface area contributed by atoms with E-state index in [1.54, 1.807) is 0 Å². The summed E-state index contributed by atoms with van der Waals surface area (Å²) in [7, 11) is 0. The van der Waals surface area contributed by atoms with Crippen molar-refractivity contribution in [1.82, 2.24) is 9.38 Å². The maximum atomic E-state index is 4.87. The average Bonchev–Trinajstić information content (AvgIpc) is 2.97. The molecule has 0 bridgehead atoms. The second kappa shape index (κ2) is 4.20. The van der Waals surface area contributed by atoms with Gasteiger partial charge in [0.15, 0.2) is 0 Å². The van der Waals surface area contributed by atoms with Crippen molar-refractivity contribution in [2.24, 2.45) is 0 Å². The predicted octanol–water partition coefficient (Wildman–Crippen LogP) is 4.46. The molecule has 4 rings (SSSR count). The van der Waals surface area contributed by atoms with E-state index < -0.39 is 0 Å². The number of aromatic nitrogens is 2. The minimum Gasteiger partial charge on any atom is -0.313 e. The summed E-state index contributed by atoms with van der Waals surface area (Å²) in [5, 5.41) is 0. The predicted molar refractivity (Wildman–Crippen MR) is 82.9 cm³/mol. The van der Waals surface area contributed by atoms with Gasteiger partial charge in [-0.15, -0.1) is 0 Å². The van der Waals surface area contributed by atoms with E-state index in [2.05, 4.69) is 72.1 Å². The molecule has 0 N–H and O–H groups in total. The first kappa shape index (κ1) is 11.2. The molecule has 0 aliphatic rings. The highest BCUT2D eigenvalue weighted by Gasteiger charge is 2.09. The zero-order valence-electron chi connectivity index (χ0n) is 11.2. The molecule has 0 spiro atoms. The van der Waals surface area contributed by atoms with Crippen LogP contribution in [0.5, 0.6) is 0 Å². The van der Waals surface area contributed by atoms with Crippen LogP contribution in [0.2, 0.25) is 0 Å². The summed E-state index contributed by atoms with van der Waals surface area (Å²) in [5.41, 5.74) is 6.77.